The lowest BCUT2D eigenvalue weighted by atomic mass is 10.2. The molecule has 0 amide bonds. The van der Waals surface area contributed by atoms with E-state index in [1.807, 2.05) is 12.2 Å². The van der Waals surface area contributed by atoms with Gasteiger partial charge in [0.15, 0.2) is 0 Å². The molecule has 0 aliphatic rings. The third-order valence-corrected chi connectivity index (χ3v) is 1.92. The number of hydrogen-bond acceptors (Lipinski definition) is 4. The van der Waals surface area contributed by atoms with Gasteiger partial charge >= 0.3 is 0 Å². The molecule has 5 nitrogen and oxygen atoms in total. The smallest absolute Gasteiger partial charge is 0.290 e. The Balaban J connectivity index is 2.87. The fraction of sp³-hybridized carbons (Fsp3) is 0.300. The van der Waals surface area contributed by atoms with Crippen molar-refractivity contribution in [2.24, 2.45) is 5.73 Å². The molecule has 0 saturated carbocycles. The van der Waals surface area contributed by atoms with E-state index in [1.165, 1.54) is 6.20 Å². The fourth-order valence-electron chi connectivity index (χ4n) is 1.15. The van der Waals surface area contributed by atoms with Crippen LogP contribution in [0.4, 0.5) is 5.69 Å². The van der Waals surface area contributed by atoms with Crippen molar-refractivity contribution in [3.05, 3.63) is 39.7 Å². The third-order valence-electron chi connectivity index (χ3n) is 1.92. The van der Waals surface area contributed by atoms with Crippen LogP contribution in [-0.4, -0.2) is 16.5 Å². The predicted octanol–water partition coefficient (Wildman–Crippen LogP) is 1.66. The molecule has 2 N–H and O–H groups in total. The largest absolute Gasteiger partial charge is 0.330 e. The van der Waals surface area contributed by atoms with E-state index < -0.39 is 4.92 Å². The van der Waals surface area contributed by atoms with Crippen LogP contribution < -0.4 is 5.73 Å². The van der Waals surface area contributed by atoms with Crippen LogP contribution in [0.15, 0.2) is 18.3 Å². The van der Waals surface area contributed by atoms with Gasteiger partial charge in [0.2, 0.25) is 0 Å². The first-order valence-electron chi connectivity index (χ1n) is 4.63. The Morgan fingerprint density at radius 1 is 1.67 bits per heavy atom. The summed E-state index contributed by atoms with van der Waals surface area (Å²) >= 11 is 0. The Labute approximate surface area is 87.8 Å². The molecule has 1 rings (SSSR count). The summed E-state index contributed by atoms with van der Waals surface area (Å²) in [6.45, 7) is 2.28. The van der Waals surface area contributed by atoms with Crippen molar-refractivity contribution in [3.8, 4) is 0 Å². The molecule has 0 aliphatic carbocycles. The molecule has 0 atom stereocenters. The van der Waals surface area contributed by atoms with Gasteiger partial charge in [0, 0.05) is 5.56 Å². The van der Waals surface area contributed by atoms with Crippen LogP contribution in [0.25, 0.3) is 6.08 Å². The van der Waals surface area contributed by atoms with Gasteiger partial charge in [-0.1, -0.05) is 6.08 Å². The van der Waals surface area contributed by atoms with Crippen molar-refractivity contribution in [3.63, 3.8) is 0 Å². The molecule has 5 heteroatoms. The average molecular weight is 207 g/mol. The summed E-state index contributed by atoms with van der Waals surface area (Å²) in [4.78, 5) is 14.1. The molecule has 0 aromatic carbocycles. The first-order chi connectivity index (χ1) is 7.15. The fourth-order valence-corrected chi connectivity index (χ4v) is 1.15. The zero-order valence-corrected chi connectivity index (χ0v) is 8.51. The van der Waals surface area contributed by atoms with E-state index in [9.17, 15) is 10.1 Å². The van der Waals surface area contributed by atoms with Gasteiger partial charge in [-0.05, 0) is 32.0 Å². The molecule has 0 aliphatic heterocycles. The molecule has 0 spiro atoms. The quantitative estimate of drug-likeness (QED) is 0.601. The van der Waals surface area contributed by atoms with Crippen molar-refractivity contribution in [2.45, 2.75) is 13.3 Å². The zero-order valence-electron chi connectivity index (χ0n) is 8.51. The Hall–Kier alpha value is -1.75. The highest BCUT2D eigenvalue weighted by Gasteiger charge is 2.09. The summed E-state index contributed by atoms with van der Waals surface area (Å²) in [6, 6.07) is 1.69. The molecule has 0 bridgehead atoms. The monoisotopic (exact) mass is 207 g/mol. The standard InChI is InChI=1S/C10H13N3O2/c1-8-6-9(4-2-3-5-11)12-7-10(8)13(14)15/h2,4,6-7H,3,5,11H2,1H3. The SMILES string of the molecule is Cc1cc(C=CCCN)ncc1[N+](=O)[O-]. The third kappa shape index (κ3) is 3.14. The maximum absolute atomic E-state index is 10.5. The first-order valence-corrected chi connectivity index (χ1v) is 4.63. The summed E-state index contributed by atoms with van der Waals surface area (Å²) < 4.78 is 0. The number of hydrogen-bond donors (Lipinski definition) is 1. The molecule has 0 saturated heterocycles. The van der Waals surface area contributed by atoms with Crippen LogP contribution in [0.3, 0.4) is 0 Å². The van der Waals surface area contributed by atoms with Gasteiger partial charge in [-0.15, -0.1) is 0 Å². The molecule has 80 valence electrons. The first kappa shape index (κ1) is 11.3. The van der Waals surface area contributed by atoms with Crippen LogP contribution in [-0.2, 0) is 0 Å². The number of nitrogens with two attached hydrogens (primary N) is 1. The van der Waals surface area contributed by atoms with Crippen LogP contribution >= 0.6 is 0 Å². The maximum Gasteiger partial charge on any atom is 0.290 e. The number of nitro groups is 1. The lowest BCUT2D eigenvalue weighted by Gasteiger charge is -1.97. The minimum absolute atomic E-state index is 0.0472. The average Bonchev–Trinajstić information content (AvgIpc) is 2.17. The van der Waals surface area contributed by atoms with Gasteiger partial charge in [-0.25, -0.2) is 4.98 Å². The van der Waals surface area contributed by atoms with Crippen molar-refractivity contribution in [2.75, 3.05) is 6.54 Å². The van der Waals surface area contributed by atoms with Crippen LogP contribution in [0.5, 0.6) is 0 Å². The lowest BCUT2D eigenvalue weighted by molar-refractivity contribution is -0.385. The zero-order chi connectivity index (χ0) is 11.3. The maximum atomic E-state index is 10.5. The highest BCUT2D eigenvalue weighted by molar-refractivity contribution is 5.49. The molecule has 1 heterocycles. The lowest BCUT2D eigenvalue weighted by Crippen LogP contribution is -1.96. The van der Waals surface area contributed by atoms with Crippen molar-refractivity contribution >= 4 is 11.8 Å². The minimum atomic E-state index is -0.435. The highest BCUT2D eigenvalue weighted by Crippen LogP contribution is 2.16. The van der Waals surface area contributed by atoms with Crippen LogP contribution in [0.2, 0.25) is 0 Å². The van der Waals surface area contributed by atoms with E-state index in [2.05, 4.69) is 4.98 Å². The number of aromatic nitrogens is 1. The highest BCUT2D eigenvalue weighted by atomic mass is 16.6. The Morgan fingerprint density at radius 2 is 2.40 bits per heavy atom. The van der Waals surface area contributed by atoms with Gasteiger partial charge in [-0.2, -0.15) is 0 Å². The second-order valence-electron chi connectivity index (χ2n) is 3.13. The number of nitrogens with zero attached hydrogens (tertiary/aromatic N) is 2. The van der Waals surface area contributed by atoms with Crippen molar-refractivity contribution < 1.29 is 4.92 Å². The molecule has 0 radical (unpaired) electrons. The summed E-state index contributed by atoms with van der Waals surface area (Å²) in [5.74, 6) is 0. The second kappa shape index (κ2) is 5.21. The molecule has 15 heavy (non-hydrogen) atoms. The number of rotatable bonds is 4. The topological polar surface area (TPSA) is 82.0 Å². The Bertz CT molecular complexity index is 388. The van der Waals surface area contributed by atoms with E-state index in [0.29, 0.717) is 17.8 Å². The molecule has 1 aromatic rings. The summed E-state index contributed by atoms with van der Waals surface area (Å²) in [5, 5.41) is 10.5. The summed E-state index contributed by atoms with van der Waals surface area (Å²) in [6.07, 6.45) is 5.76. The van der Waals surface area contributed by atoms with Gasteiger partial charge in [0.1, 0.15) is 6.20 Å². The second-order valence-corrected chi connectivity index (χ2v) is 3.13. The number of aryl methyl sites for hydroxylation is 1. The van der Waals surface area contributed by atoms with Gasteiger partial charge in [-0.3, -0.25) is 10.1 Å². The predicted molar refractivity (Wildman–Crippen MR) is 58.3 cm³/mol. The van der Waals surface area contributed by atoms with E-state index in [4.69, 9.17) is 5.73 Å². The van der Waals surface area contributed by atoms with Crippen molar-refractivity contribution in [1.29, 1.82) is 0 Å². The van der Waals surface area contributed by atoms with E-state index in [-0.39, 0.29) is 5.69 Å². The Kier molecular flexibility index (Phi) is 3.93. The summed E-state index contributed by atoms with van der Waals surface area (Å²) in [5.41, 5.74) is 6.70. The molecule has 1 aromatic heterocycles. The van der Waals surface area contributed by atoms with E-state index in [0.717, 1.165) is 6.42 Å². The Morgan fingerprint density at radius 3 is 2.93 bits per heavy atom. The van der Waals surface area contributed by atoms with Gasteiger partial charge in [0.05, 0.1) is 10.6 Å². The summed E-state index contributed by atoms with van der Waals surface area (Å²) in [7, 11) is 0. The van der Waals surface area contributed by atoms with E-state index in [1.54, 1.807) is 13.0 Å². The minimum Gasteiger partial charge on any atom is -0.330 e. The molecular formula is C10H13N3O2. The van der Waals surface area contributed by atoms with Crippen molar-refractivity contribution in [1.82, 2.24) is 4.98 Å². The molecule has 0 fully saturated rings. The van der Waals surface area contributed by atoms with E-state index >= 15 is 0 Å². The molecular weight excluding hydrogens is 194 g/mol. The normalized spacial score (nSPS) is 10.8. The van der Waals surface area contributed by atoms with Crippen LogP contribution in [0.1, 0.15) is 17.7 Å². The molecule has 0 unspecified atom stereocenters. The van der Waals surface area contributed by atoms with Crippen LogP contribution in [0, 0.1) is 17.0 Å². The number of pyridine rings is 1. The van der Waals surface area contributed by atoms with Gasteiger partial charge < -0.3 is 5.73 Å². The van der Waals surface area contributed by atoms with Gasteiger partial charge in [0.25, 0.3) is 5.69 Å².